The number of H-pyrrole nitrogens is 1. The number of amides is 1. The lowest BCUT2D eigenvalue weighted by molar-refractivity contribution is -0.0605. The molecule has 0 spiro atoms. The summed E-state index contributed by atoms with van der Waals surface area (Å²) in [5, 5.41) is 9.35. The van der Waals surface area contributed by atoms with Crippen LogP contribution in [0.3, 0.4) is 0 Å². The van der Waals surface area contributed by atoms with Gasteiger partial charge in [-0.1, -0.05) is 30.3 Å². The van der Waals surface area contributed by atoms with Gasteiger partial charge in [-0.25, -0.2) is 4.68 Å². The second kappa shape index (κ2) is 5.95. The number of benzene rings is 1. The molecule has 0 saturated carbocycles. The highest BCUT2D eigenvalue weighted by Crippen LogP contribution is 2.31. The van der Waals surface area contributed by atoms with Crippen molar-refractivity contribution in [3.63, 3.8) is 0 Å². The van der Waals surface area contributed by atoms with E-state index in [0.717, 1.165) is 35.0 Å². The van der Waals surface area contributed by atoms with E-state index in [0.29, 0.717) is 25.4 Å². The van der Waals surface area contributed by atoms with E-state index < -0.39 is 0 Å². The Balaban J connectivity index is 1.47. The lowest BCUT2D eigenvalue weighted by atomic mass is 9.99. The van der Waals surface area contributed by atoms with Crippen LogP contribution >= 0.6 is 0 Å². The van der Waals surface area contributed by atoms with E-state index in [2.05, 4.69) is 28.3 Å². The normalized spacial score (nSPS) is 22.3. The minimum Gasteiger partial charge on any atom is -0.370 e. The summed E-state index contributed by atoms with van der Waals surface area (Å²) >= 11 is 0. The van der Waals surface area contributed by atoms with Crippen molar-refractivity contribution in [2.45, 2.75) is 38.5 Å². The molecule has 2 atom stereocenters. The number of nitrogens with zero attached hydrogens (tertiary/aromatic N) is 4. The van der Waals surface area contributed by atoms with E-state index in [9.17, 15) is 4.79 Å². The molecule has 5 rings (SSSR count). The van der Waals surface area contributed by atoms with Crippen molar-refractivity contribution >= 4 is 16.8 Å². The van der Waals surface area contributed by atoms with E-state index in [1.807, 2.05) is 27.8 Å². The number of hydrogen-bond donors (Lipinski definition) is 1. The lowest BCUT2D eigenvalue weighted by Gasteiger charge is -2.40. The van der Waals surface area contributed by atoms with Crippen LogP contribution in [0.15, 0.2) is 30.5 Å². The van der Waals surface area contributed by atoms with Gasteiger partial charge in [-0.05, 0) is 24.5 Å². The van der Waals surface area contributed by atoms with Gasteiger partial charge in [-0.3, -0.25) is 4.79 Å². The molecule has 2 aliphatic rings. The zero-order valence-corrected chi connectivity index (χ0v) is 14.7. The first-order valence-electron chi connectivity index (χ1n) is 9.15. The average Bonchev–Trinajstić information content (AvgIpc) is 3.31. The van der Waals surface area contributed by atoms with Gasteiger partial charge in [-0.15, -0.1) is 5.10 Å². The molecule has 1 saturated heterocycles. The van der Waals surface area contributed by atoms with Gasteiger partial charge < -0.3 is 14.6 Å². The number of ether oxygens (including phenoxy) is 1. The molecule has 1 aromatic carbocycles. The number of aromatic amines is 1. The predicted molar refractivity (Wildman–Crippen MR) is 95.8 cm³/mol. The van der Waals surface area contributed by atoms with Gasteiger partial charge in [-0.2, -0.15) is 0 Å². The lowest BCUT2D eigenvalue weighted by Crippen LogP contribution is -2.50. The highest BCUT2D eigenvalue weighted by atomic mass is 16.5. The van der Waals surface area contributed by atoms with Crippen LogP contribution in [0.25, 0.3) is 10.9 Å². The van der Waals surface area contributed by atoms with Gasteiger partial charge in [0.25, 0.3) is 5.91 Å². The van der Waals surface area contributed by atoms with E-state index in [1.165, 1.54) is 0 Å². The summed E-state index contributed by atoms with van der Waals surface area (Å²) < 4.78 is 7.88. The molecule has 4 heterocycles. The van der Waals surface area contributed by atoms with Crippen molar-refractivity contribution in [2.75, 3.05) is 13.1 Å². The molecule has 7 nitrogen and oxygen atoms in total. The molecule has 0 bridgehead atoms. The van der Waals surface area contributed by atoms with E-state index in [-0.39, 0.29) is 18.1 Å². The van der Waals surface area contributed by atoms with Gasteiger partial charge >= 0.3 is 0 Å². The Morgan fingerprint density at radius 2 is 2.27 bits per heavy atom. The average molecular weight is 351 g/mol. The predicted octanol–water partition coefficient (Wildman–Crippen LogP) is 2.31. The maximum Gasteiger partial charge on any atom is 0.270 e. The van der Waals surface area contributed by atoms with Crippen molar-refractivity contribution in [1.29, 1.82) is 0 Å². The molecule has 0 aliphatic carbocycles. The smallest absolute Gasteiger partial charge is 0.270 e. The van der Waals surface area contributed by atoms with Crippen LogP contribution in [-0.4, -0.2) is 50.0 Å². The molecular weight excluding hydrogens is 330 g/mol. The summed E-state index contributed by atoms with van der Waals surface area (Å²) in [7, 11) is 0. The molecule has 1 amide bonds. The quantitative estimate of drug-likeness (QED) is 0.769. The van der Waals surface area contributed by atoms with Crippen molar-refractivity contribution in [3.8, 4) is 0 Å². The van der Waals surface area contributed by atoms with Gasteiger partial charge in [0.1, 0.15) is 5.69 Å². The third-order valence-corrected chi connectivity index (χ3v) is 5.60. The van der Waals surface area contributed by atoms with Crippen molar-refractivity contribution < 1.29 is 9.53 Å². The highest BCUT2D eigenvalue weighted by molar-refractivity contribution is 6.01. The summed E-state index contributed by atoms with van der Waals surface area (Å²) in [5.74, 6) is 0.0590. The number of hydrogen-bond acceptors (Lipinski definition) is 4. The zero-order chi connectivity index (χ0) is 17.7. The summed E-state index contributed by atoms with van der Waals surface area (Å²) in [6.07, 6.45) is 3.48. The molecule has 7 heteroatoms. The Kier molecular flexibility index (Phi) is 3.56. The molecule has 2 aliphatic heterocycles. The summed E-state index contributed by atoms with van der Waals surface area (Å²) in [5.41, 5.74) is 3.79. The molecule has 1 fully saturated rings. The fraction of sp³-hybridized carbons (Fsp3) is 0.421. The van der Waals surface area contributed by atoms with E-state index >= 15 is 0 Å². The Morgan fingerprint density at radius 1 is 1.38 bits per heavy atom. The number of carbonyl (C=O) groups excluding carboxylic acids is 1. The molecule has 0 radical (unpaired) electrons. The second-order valence-corrected chi connectivity index (χ2v) is 7.00. The molecule has 1 N–H and O–H groups in total. The third-order valence-electron chi connectivity index (χ3n) is 5.60. The number of rotatable bonds is 2. The molecule has 26 heavy (non-hydrogen) atoms. The molecule has 2 aromatic heterocycles. The number of carbonyl (C=O) groups is 1. The van der Waals surface area contributed by atoms with Crippen LogP contribution in [-0.2, 0) is 17.8 Å². The Bertz CT molecular complexity index is 975. The number of piperidine rings is 1. The first-order chi connectivity index (χ1) is 12.8. The van der Waals surface area contributed by atoms with E-state index in [1.54, 1.807) is 6.20 Å². The van der Waals surface area contributed by atoms with Crippen LogP contribution < -0.4 is 0 Å². The number of para-hydroxylation sites is 1. The van der Waals surface area contributed by atoms with Gasteiger partial charge in [0, 0.05) is 24.0 Å². The molecule has 0 unspecified atom stereocenters. The number of aryl methyl sites for hydroxylation is 1. The van der Waals surface area contributed by atoms with Gasteiger partial charge in [0.15, 0.2) is 0 Å². The summed E-state index contributed by atoms with van der Waals surface area (Å²) in [6.45, 7) is 3.93. The fourth-order valence-electron chi connectivity index (χ4n) is 4.27. The van der Waals surface area contributed by atoms with Crippen LogP contribution in [0.2, 0.25) is 0 Å². The van der Waals surface area contributed by atoms with Gasteiger partial charge in [0.05, 0.1) is 30.6 Å². The van der Waals surface area contributed by atoms with E-state index in [4.69, 9.17) is 4.74 Å². The van der Waals surface area contributed by atoms with Crippen LogP contribution in [0.5, 0.6) is 0 Å². The first-order valence-corrected chi connectivity index (χ1v) is 9.15. The van der Waals surface area contributed by atoms with Crippen LogP contribution in [0.4, 0.5) is 0 Å². The minimum absolute atomic E-state index is 0.0356. The number of fused-ring (bicyclic) bond motifs is 4. The van der Waals surface area contributed by atoms with Crippen LogP contribution in [0, 0.1) is 0 Å². The Hall–Kier alpha value is -2.67. The molecular formula is C19H21N5O2. The maximum atomic E-state index is 13.3. The minimum atomic E-state index is 0.0356. The van der Waals surface area contributed by atoms with Crippen molar-refractivity contribution in [1.82, 2.24) is 24.9 Å². The van der Waals surface area contributed by atoms with Crippen LogP contribution in [0.1, 0.15) is 41.1 Å². The fourth-order valence-corrected chi connectivity index (χ4v) is 4.27. The SMILES string of the molecule is CCc1c(C(=O)N2CC[C@@H]3OCc4cnnn4[C@@H]3C2)[nH]c2ccccc12. The monoisotopic (exact) mass is 351 g/mol. The standard InChI is InChI=1S/C19H21N5O2/c1-2-13-14-5-3-4-6-15(14)21-18(13)19(25)23-8-7-17-16(10-23)24-12(11-26-17)9-20-22-24/h3-6,9,16-17,21H,2,7-8,10-11H2,1H3/t16-,17+/m1/s1. The molecule has 134 valence electrons. The van der Waals surface area contributed by atoms with Gasteiger partial charge in [0.2, 0.25) is 0 Å². The number of nitrogens with one attached hydrogen (secondary N) is 1. The Morgan fingerprint density at radius 3 is 3.15 bits per heavy atom. The first kappa shape index (κ1) is 15.6. The highest BCUT2D eigenvalue weighted by Gasteiger charge is 2.38. The zero-order valence-electron chi connectivity index (χ0n) is 14.7. The summed E-state index contributed by atoms with van der Waals surface area (Å²) in [4.78, 5) is 18.5. The largest absolute Gasteiger partial charge is 0.370 e. The molecule has 3 aromatic rings. The Labute approximate surface area is 150 Å². The maximum absolute atomic E-state index is 13.3. The third kappa shape index (κ3) is 2.27. The number of aromatic nitrogens is 4. The van der Waals surface area contributed by atoms with Crippen molar-refractivity contribution in [3.05, 3.63) is 47.4 Å². The summed E-state index contributed by atoms with van der Waals surface area (Å²) in [6, 6.07) is 8.14. The van der Waals surface area contributed by atoms with Crippen molar-refractivity contribution in [2.24, 2.45) is 0 Å². The second-order valence-electron chi connectivity index (χ2n) is 7.00. The topological polar surface area (TPSA) is 76.0 Å². The number of likely N-dealkylation sites (tertiary alicyclic amines) is 1.